The Morgan fingerprint density at radius 3 is 1.13 bits per heavy atom. The molecule has 19 unspecified atom stereocenters. The average molecular weight is 1320 g/mol. The maximum Gasteiger partial charge on any atom is 0.321 e. The Morgan fingerprint density at radius 1 is 0.362 bits per heavy atom. The number of hydrogen-bond donors (Lipinski definition) is 6. The van der Waals surface area contributed by atoms with Gasteiger partial charge in [0.2, 0.25) is 0 Å². The van der Waals surface area contributed by atoms with Gasteiger partial charge < -0.3 is 62.8 Å². The summed E-state index contributed by atoms with van der Waals surface area (Å²) in [7, 11) is 0. The summed E-state index contributed by atoms with van der Waals surface area (Å²) in [6, 6.07) is 1.00. The maximum atomic E-state index is 11.8. The van der Waals surface area contributed by atoms with Crippen molar-refractivity contribution in [1.29, 1.82) is 0 Å². The second kappa shape index (κ2) is 33.1. The van der Waals surface area contributed by atoms with Crippen molar-refractivity contribution < 1.29 is 86.0 Å². The number of nitrogens with two attached hydrogens (primary N) is 6. The predicted molar refractivity (Wildman–Crippen MR) is 336 cm³/mol. The second-order valence-corrected chi connectivity index (χ2v) is 29.9. The lowest BCUT2D eigenvalue weighted by atomic mass is 9.64. The molecule has 2 bridgehead atoms. The highest BCUT2D eigenvalue weighted by Gasteiger charge is 2.58. The maximum absolute atomic E-state index is 11.8. The molecule has 15 rings (SSSR count). The number of fused-ring (bicyclic) bond motifs is 7. The van der Waals surface area contributed by atoms with Crippen molar-refractivity contribution >= 4 is 71.6 Å². The molecule has 522 valence electrons. The molecule has 0 spiro atoms. The minimum atomic E-state index is -0.583. The highest BCUT2D eigenvalue weighted by Crippen LogP contribution is 2.51. The van der Waals surface area contributed by atoms with Crippen LogP contribution in [0, 0.1) is 124 Å². The standard InChI is InChI=1S/C16H18O6.C13H26N2.C13H12O6.C10H8O6.C8H18N2.C8H15N.C2H7N/c17-13-9-3-1-7(5-11(9)15(19)21-13)8-2-4-10-12(6-8)16(20)22-14(10)18;14-12-5-1-10(2-6-12)9-11-3-7-13(15)8-4-11;1-5-2-6(7-4-9(14)18-11(7)15)3-8-10(5)13(17)19-12(8)16;11-7-3-1-4-6(10(14)16-8(4)12)2-5(3)9(13)15-7;9-5-7-2-1-3-8(4-7)6-10;9-5-8-4-6-1-2-7(8)3-6;1-2-3/h7-12H,1-6H2;10-13H,1-9,14-15H2;2,6-8,10H,3-4H2,1H3;3-6H,1-2H2;7-8H,1-6,9-10H2;6-8H,1-5,9H2;2-3H2,1H3. The van der Waals surface area contributed by atoms with Crippen molar-refractivity contribution in [2.24, 2.45) is 159 Å². The van der Waals surface area contributed by atoms with Gasteiger partial charge in [0.1, 0.15) is 0 Å². The summed E-state index contributed by atoms with van der Waals surface area (Å²) < 4.78 is 27.7. The van der Waals surface area contributed by atoms with Gasteiger partial charge in [-0.25, -0.2) is 0 Å². The Kier molecular flexibility index (Phi) is 25.5. The molecular formula is C70H104N6O18. The Labute approximate surface area is 551 Å². The van der Waals surface area contributed by atoms with Crippen molar-refractivity contribution in [3.63, 3.8) is 0 Å². The third kappa shape index (κ3) is 17.5. The van der Waals surface area contributed by atoms with E-state index in [0.717, 1.165) is 86.0 Å². The van der Waals surface area contributed by atoms with E-state index >= 15 is 0 Å². The van der Waals surface area contributed by atoms with Gasteiger partial charge in [0, 0.05) is 12.1 Å². The van der Waals surface area contributed by atoms with Gasteiger partial charge in [-0.15, -0.1) is 0 Å². The number of allylic oxidation sites excluding steroid dienone is 1. The van der Waals surface area contributed by atoms with Crippen LogP contribution in [0.1, 0.15) is 187 Å². The SMILES string of the molecule is CC1=CC(C2CC(=O)OC2=O)CC2C(=O)OC(=O)C12.CCN.NC1CCC(CC2CCC(N)CC2)CC1.NCC1CC2CCC1C2.NCC1CCCC(CN)C1.O=C1OC(=O)C2CC(C3CCC4C(=O)OC(=O)C4C3)CCC12.O=C1OC(=O)C2CC3C(=O)OC(=O)C3CC12. The van der Waals surface area contributed by atoms with E-state index in [2.05, 4.69) is 18.9 Å². The summed E-state index contributed by atoms with van der Waals surface area (Å²) in [5.41, 5.74) is 34.2. The molecule has 24 heteroatoms. The topological polar surface area (TPSA) is 416 Å². The van der Waals surface area contributed by atoms with Gasteiger partial charge in [-0.3, -0.25) is 57.5 Å². The molecule has 6 saturated heterocycles. The zero-order valence-electron chi connectivity index (χ0n) is 55.1. The van der Waals surface area contributed by atoms with Crippen LogP contribution < -0.4 is 34.4 Å². The summed E-state index contributed by atoms with van der Waals surface area (Å²) in [4.78, 5) is 138. The monoisotopic (exact) mass is 1320 g/mol. The summed E-state index contributed by atoms with van der Waals surface area (Å²) in [6.45, 7) is 7.06. The van der Waals surface area contributed by atoms with E-state index in [0.29, 0.717) is 56.0 Å². The molecule has 0 aromatic heterocycles. The van der Waals surface area contributed by atoms with E-state index in [1.807, 2.05) is 6.92 Å². The first-order valence-electron chi connectivity index (χ1n) is 35.5. The van der Waals surface area contributed by atoms with Crippen molar-refractivity contribution in [3.05, 3.63) is 11.6 Å². The van der Waals surface area contributed by atoms with Crippen molar-refractivity contribution in [1.82, 2.24) is 0 Å². The zero-order valence-corrected chi connectivity index (χ0v) is 55.1. The van der Waals surface area contributed by atoms with Gasteiger partial charge in [0.15, 0.2) is 0 Å². The van der Waals surface area contributed by atoms with Gasteiger partial charge in [-0.1, -0.05) is 31.4 Å². The van der Waals surface area contributed by atoms with E-state index in [9.17, 15) is 57.5 Å². The van der Waals surface area contributed by atoms with Gasteiger partial charge in [0.05, 0.1) is 71.5 Å². The molecule has 9 aliphatic carbocycles. The van der Waals surface area contributed by atoms with Crippen LogP contribution in [-0.2, 0) is 86.0 Å². The number of esters is 12. The third-order valence-electron chi connectivity index (χ3n) is 23.9. The van der Waals surface area contributed by atoms with Crippen molar-refractivity contribution in [3.8, 4) is 0 Å². The van der Waals surface area contributed by atoms with E-state index in [1.54, 1.807) is 13.0 Å². The minimum absolute atomic E-state index is 0.0354. The number of carbonyl (C=O) groups is 12. The Balaban J connectivity index is 0.000000135. The fraction of sp³-hybridized carbons (Fsp3) is 0.800. The van der Waals surface area contributed by atoms with Crippen LogP contribution in [-0.4, -0.2) is 110 Å². The average Bonchev–Trinajstić information content (AvgIpc) is 1.62. The lowest BCUT2D eigenvalue weighted by molar-refractivity contribution is -0.156. The van der Waals surface area contributed by atoms with Crippen LogP contribution in [0.4, 0.5) is 0 Å². The molecule has 0 aromatic carbocycles. The molecule has 24 nitrogen and oxygen atoms in total. The molecule has 15 aliphatic rings. The zero-order chi connectivity index (χ0) is 67.7. The smallest absolute Gasteiger partial charge is 0.321 e. The van der Waals surface area contributed by atoms with Crippen LogP contribution >= 0.6 is 0 Å². The molecule has 6 aliphatic heterocycles. The second-order valence-electron chi connectivity index (χ2n) is 29.9. The van der Waals surface area contributed by atoms with Crippen LogP contribution in [0.25, 0.3) is 0 Å². The predicted octanol–water partition coefficient (Wildman–Crippen LogP) is 5.46. The van der Waals surface area contributed by atoms with Crippen molar-refractivity contribution in [2.45, 2.75) is 199 Å². The van der Waals surface area contributed by atoms with Gasteiger partial charge in [-0.2, -0.15) is 0 Å². The highest BCUT2D eigenvalue weighted by molar-refractivity contribution is 6.02. The Morgan fingerprint density at radius 2 is 0.755 bits per heavy atom. The highest BCUT2D eigenvalue weighted by atomic mass is 16.6. The third-order valence-corrected chi connectivity index (χ3v) is 23.9. The molecule has 19 atom stereocenters. The van der Waals surface area contributed by atoms with Gasteiger partial charge in [0.25, 0.3) is 0 Å². The normalized spacial score (nSPS) is 40.4. The Bertz CT molecular complexity index is 2680. The van der Waals surface area contributed by atoms with E-state index in [4.69, 9.17) is 43.9 Å². The summed E-state index contributed by atoms with van der Waals surface area (Å²) in [5.74, 6) is -4.16. The number of rotatable bonds is 7. The van der Waals surface area contributed by atoms with Crippen LogP contribution in [0.2, 0.25) is 0 Å². The fourth-order valence-electron chi connectivity index (χ4n) is 18.6. The molecule has 0 aromatic rings. The quantitative estimate of drug-likeness (QED) is 0.0798. The molecule has 0 radical (unpaired) electrons. The van der Waals surface area contributed by atoms with E-state index < -0.39 is 89.2 Å². The molecule has 0 amide bonds. The van der Waals surface area contributed by atoms with Gasteiger partial charge in [-0.05, 0) is 246 Å². The van der Waals surface area contributed by atoms with E-state index in [-0.39, 0.29) is 72.7 Å². The van der Waals surface area contributed by atoms with Crippen LogP contribution in [0.5, 0.6) is 0 Å². The lowest BCUT2D eigenvalue weighted by Crippen LogP contribution is -2.35. The number of carbonyl (C=O) groups excluding carboxylic acids is 12. The molecule has 12 N–H and O–H groups in total. The summed E-state index contributed by atoms with van der Waals surface area (Å²) >= 11 is 0. The molecule has 8 saturated carbocycles. The molecule has 14 fully saturated rings. The fourth-order valence-corrected chi connectivity index (χ4v) is 18.6. The first-order chi connectivity index (χ1) is 45.0. The first kappa shape index (κ1) is 72.6. The first-order valence-corrected chi connectivity index (χ1v) is 35.5. The number of ether oxygens (including phenoxy) is 6. The van der Waals surface area contributed by atoms with Gasteiger partial charge >= 0.3 is 71.6 Å². The van der Waals surface area contributed by atoms with Crippen LogP contribution in [0.15, 0.2) is 11.6 Å². The summed E-state index contributed by atoms with van der Waals surface area (Å²) in [6.07, 6.45) is 30.2. The number of hydrogen-bond acceptors (Lipinski definition) is 24. The van der Waals surface area contributed by atoms with Crippen LogP contribution in [0.3, 0.4) is 0 Å². The Hall–Kier alpha value is -5.66. The van der Waals surface area contributed by atoms with E-state index in [1.165, 1.54) is 109 Å². The molecule has 94 heavy (non-hydrogen) atoms. The number of cyclic esters (lactones) is 12. The lowest BCUT2D eigenvalue weighted by Gasteiger charge is -2.37. The minimum Gasteiger partial charge on any atom is -0.393 e. The molecular weight excluding hydrogens is 1210 g/mol. The largest absolute Gasteiger partial charge is 0.393 e. The van der Waals surface area contributed by atoms with Crippen molar-refractivity contribution in [2.75, 3.05) is 26.2 Å². The molecule has 6 heterocycles. The summed E-state index contributed by atoms with van der Waals surface area (Å²) in [5, 5.41) is 0.